The van der Waals surface area contributed by atoms with Gasteiger partial charge in [-0.3, -0.25) is 0 Å². The van der Waals surface area contributed by atoms with Gasteiger partial charge in [-0.2, -0.15) is 21.0 Å². The number of nitrogens with zero attached hydrogens (tertiary/aromatic N) is 4. The molecule has 4 fully saturated rings. The van der Waals surface area contributed by atoms with Crippen LogP contribution in [0.25, 0.3) is 0 Å². The van der Waals surface area contributed by atoms with Gasteiger partial charge in [-0.15, -0.1) is 0 Å². The Morgan fingerprint density at radius 2 is 0.609 bits per heavy atom. The summed E-state index contributed by atoms with van der Waals surface area (Å²) in [6.45, 7) is 14.7. The molecule has 4 aliphatic heterocycles. The topological polar surface area (TPSA) is 169 Å². The van der Waals surface area contributed by atoms with Gasteiger partial charge in [-0.1, -0.05) is 115 Å². The van der Waals surface area contributed by atoms with E-state index >= 15 is 0 Å². The smallest absolute Gasteiger partial charge is 0.183 e. The van der Waals surface area contributed by atoms with Crippen molar-refractivity contribution in [3.63, 3.8) is 0 Å². The minimum atomic E-state index is -0.269. The highest BCUT2D eigenvalue weighted by atomic mass is 16.7. The van der Waals surface area contributed by atoms with Gasteiger partial charge in [0.05, 0.1) is 99.4 Å². The lowest BCUT2D eigenvalue weighted by Crippen LogP contribution is -2.27. The zero-order chi connectivity index (χ0) is 49.1. The molecule has 69 heavy (non-hydrogen) atoms. The molecule has 4 aliphatic rings. The Morgan fingerprint density at radius 1 is 0.348 bits per heavy atom. The van der Waals surface area contributed by atoms with Crippen LogP contribution in [0.15, 0.2) is 97.1 Å². The third-order valence-corrected chi connectivity index (χ3v) is 12.1. The van der Waals surface area contributed by atoms with Crippen molar-refractivity contribution in [1.29, 1.82) is 21.0 Å². The van der Waals surface area contributed by atoms with Gasteiger partial charge in [0.25, 0.3) is 0 Å². The monoisotopic (exact) mass is 939 g/mol. The second-order valence-electron chi connectivity index (χ2n) is 18.1. The highest BCUT2D eigenvalue weighted by Gasteiger charge is 2.26. The molecule has 4 saturated heterocycles. The fourth-order valence-electron chi connectivity index (χ4n) is 7.94. The lowest BCUT2D eigenvalue weighted by Gasteiger charge is -2.29. The van der Waals surface area contributed by atoms with Gasteiger partial charge in [-0.25, -0.2) is 0 Å². The maximum Gasteiger partial charge on any atom is 0.183 e. The SMILES string of the molecule is CC1COC(c2ccc(C#N)cc2)OC1.CCCC1COC(c2ccc(C#N)cc2)OC1.CCCCC1COC(c2ccc(C#N)cc2)OC1.CCCCCC1COC(c2ccc(C#N)cc2)OC1. The second kappa shape index (κ2) is 30.9. The molecule has 0 saturated carbocycles. The van der Waals surface area contributed by atoms with E-state index in [1.54, 1.807) is 48.5 Å². The molecular weight excluding hydrogens is 869 g/mol. The van der Waals surface area contributed by atoms with Gasteiger partial charge < -0.3 is 37.9 Å². The van der Waals surface area contributed by atoms with Crippen LogP contribution in [0.4, 0.5) is 0 Å². The van der Waals surface area contributed by atoms with E-state index in [1.807, 2.05) is 48.5 Å². The van der Waals surface area contributed by atoms with Gasteiger partial charge in [-0.05, 0) is 67.8 Å². The summed E-state index contributed by atoms with van der Waals surface area (Å²) in [7, 11) is 0. The molecule has 0 spiro atoms. The maximum absolute atomic E-state index is 8.76. The lowest BCUT2D eigenvalue weighted by molar-refractivity contribution is -0.206. The summed E-state index contributed by atoms with van der Waals surface area (Å²) in [6, 6.07) is 37.9. The first kappa shape index (κ1) is 54.5. The fraction of sp³-hybridized carbons (Fsp3) is 0.509. The summed E-state index contributed by atoms with van der Waals surface area (Å²) < 4.78 is 45.5. The summed E-state index contributed by atoms with van der Waals surface area (Å²) in [4.78, 5) is 0. The van der Waals surface area contributed by atoms with Crippen molar-refractivity contribution in [2.75, 3.05) is 52.9 Å². The Morgan fingerprint density at radius 3 is 0.870 bits per heavy atom. The second-order valence-corrected chi connectivity index (χ2v) is 18.1. The van der Waals surface area contributed by atoms with Crippen LogP contribution in [-0.4, -0.2) is 52.9 Å². The Labute approximate surface area is 410 Å². The number of rotatable bonds is 13. The zero-order valence-electron chi connectivity index (χ0n) is 40.9. The van der Waals surface area contributed by atoms with Gasteiger partial charge >= 0.3 is 0 Å². The largest absolute Gasteiger partial charge is 0.348 e. The highest BCUT2D eigenvalue weighted by Crippen LogP contribution is 2.30. The molecule has 0 unspecified atom stereocenters. The van der Waals surface area contributed by atoms with E-state index in [-0.39, 0.29) is 25.2 Å². The van der Waals surface area contributed by atoms with E-state index in [9.17, 15) is 0 Å². The molecule has 0 aliphatic carbocycles. The molecule has 4 aromatic rings. The molecule has 12 heteroatoms. The Kier molecular flexibility index (Phi) is 24.4. The molecule has 4 aromatic carbocycles. The van der Waals surface area contributed by atoms with E-state index in [4.69, 9.17) is 58.9 Å². The summed E-state index contributed by atoms with van der Waals surface area (Å²) in [6.07, 6.45) is 9.86. The first-order valence-electron chi connectivity index (χ1n) is 24.7. The normalized spacial score (nSPS) is 24.1. The molecule has 0 bridgehead atoms. The van der Waals surface area contributed by atoms with Crippen LogP contribution in [0, 0.1) is 69.0 Å². The molecule has 366 valence electrons. The third-order valence-electron chi connectivity index (χ3n) is 12.1. The molecule has 8 rings (SSSR count). The molecule has 0 amide bonds. The van der Waals surface area contributed by atoms with Crippen LogP contribution in [0.3, 0.4) is 0 Å². The van der Waals surface area contributed by atoms with Crippen molar-refractivity contribution in [3.8, 4) is 24.3 Å². The number of benzene rings is 4. The van der Waals surface area contributed by atoms with Crippen molar-refractivity contribution in [2.45, 2.75) is 111 Å². The third kappa shape index (κ3) is 18.7. The number of nitriles is 4. The predicted octanol–water partition coefficient (Wildman–Crippen LogP) is 12.5. The summed E-state index contributed by atoms with van der Waals surface area (Å²) >= 11 is 0. The van der Waals surface area contributed by atoms with Crippen molar-refractivity contribution in [3.05, 3.63) is 142 Å². The van der Waals surface area contributed by atoms with E-state index in [0.29, 0.717) is 45.9 Å². The molecule has 0 N–H and O–H groups in total. The number of hydrogen-bond donors (Lipinski definition) is 0. The minimum absolute atomic E-state index is 0.268. The van der Waals surface area contributed by atoms with Gasteiger partial charge in [0, 0.05) is 45.9 Å². The van der Waals surface area contributed by atoms with Crippen LogP contribution in [0.5, 0.6) is 0 Å². The average Bonchev–Trinajstić information content (AvgIpc) is 3.42. The Hall–Kier alpha value is -5.48. The van der Waals surface area contributed by atoms with Crippen LogP contribution in [0.1, 0.15) is 155 Å². The number of unbranched alkanes of at least 4 members (excludes halogenated alkanes) is 3. The zero-order valence-corrected chi connectivity index (χ0v) is 40.9. The molecule has 0 radical (unpaired) electrons. The minimum Gasteiger partial charge on any atom is -0.348 e. The molecule has 0 aromatic heterocycles. The van der Waals surface area contributed by atoms with E-state index in [0.717, 1.165) is 81.5 Å². The summed E-state index contributed by atoms with van der Waals surface area (Å²) in [5, 5.41) is 34.9. The fourth-order valence-corrected chi connectivity index (χ4v) is 7.94. The molecular formula is C57H70N4O8. The van der Waals surface area contributed by atoms with Crippen LogP contribution >= 0.6 is 0 Å². The number of hydrogen-bond acceptors (Lipinski definition) is 12. The average molecular weight is 939 g/mol. The molecule has 12 nitrogen and oxygen atoms in total. The predicted molar refractivity (Wildman–Crippen MR) is 261 cm³/mol. The van der Waals surface area contributed by atoms with Crippen molar-refractivity contribution in [2.24, 2.45) is 23.7 Å². The molecule has 0 atom stereocenters. The van der Waals surface area contributed by atoms with Crippen molar-refractivity contribution >= 4 is 0 Å². The van der Waals surface area contributed by atoms with Crippen LogP contribution in [0.2, 0.25) is 0 Å². The van der Waals surface area contributed by atoms with Crippen molar-refractivity contribution < 1.29 is 37.9 Å². The van der Waals surface area contributed by atoms with Gasteiger partial charge in [0.15, 0.2) is 25.2 Å². The number of ether oxygens (including phenoxy) is 8. The lowest BCUT2D eigenvalue weighted by atomic mass is 10.0. The van der Waals surface area contributed by atoms with E-state index in [1.165, 1.54) is 51.4 Å². The van der Waals surface area contributed by atoms with Gasteiger partial charge in [0.2, 0.25) is 0 Å². The Bertz CT molecular complexity index is 2200. The summed E-state index contributed by atoms with van der Waals surface area (Å²) in [5.74, 6) is 2.04. The van der Waals surface area contributed by atoms with E-state index in [2.05, 4.69) is 52.0 Å². The molecule has 4 heterocycles. The van der Waals surface area contributed by atoms with Crippen molar-refractivity contribution in [1.82, 2.24) is 0 Å². The van der Waals surface area contributed by atoms with Crippen LogP contribution in [-0.2, 0) is 37.9 Å². The van der Waals surface area contributed by atoms with Crippen LogP contribution < -0.4 is 0 Å². The maximum atomic E-state index is 8.76. The summed E-state index contributed by atoms with van der Waals surface area (Å²) in [5.41, 5.74) is 6.58. The first-order chi connectivity index (χ1) is 33.8. The van der Waals surface area contributed by atoms with E-state index < -0.39 is 0 Å². The van der Waals surface area contributed by atoms with Gasteiger partial charge in [0.1, 0.15) is 0 Å². The quantitative estimate of drug-likeness (QED) is 0.116. The first-order valence-corrected chi connectivity index (χ1v) is 24.7. The Balaban J connectivity index is 0.000000172. The standard InChI is InChI=1S/C16H21NO2.C15H19NO2.C14H17NO2.C12H13NO2/c1-2-3-4-5-14-11-18-16(19-12-14)15-8-6-13(10-17)7-9-15;1-2-3-4-13-10-17-15(18-11-13)14-7-5-12(9-16)6-8-14;1-2-3-12-9-16-14(17-10-12)13-6-4-11(8-15)5-7-13;1-9-7-14-12(15-8-9)11-4-2-10(6-13)3-5-11/h6-9,14,16H,2-5,11-12H2,1H3;5-8,13,15H,2-4,10-11H2,1H3;4-7,12,14H,2-3,9-10H2,1H3;2-5,9,12H,7-8H2,1H3. The highest BCUT2D eigenvalue weighted by molar-refractivity contribution is 5.34.